The zero-order valence-corrected chi connectivity index (χ0v) is 7.17. The Morgan fingerprint density at radius 1 is 1.45 bits per heavy atom. The smallest absolute Gasteiger partial charge is 0.0969 e. The van der Waals surface area contributed by atoms with E-state index < -0.39 is 0 Å². The number of allylic oxidation sites excluding steroid dienone is 2. The van der Waals surface area contributed by atoms with Crippen molar-refractivity contribution in [1.82, 2.24) is 0 Å². The molecule has 0 saturated heterocycles. The molecule has 0 aromatic rings. The summed E-state index contributed by atoms with van der Waals surface area (Å²) >= 11 is 0. The Labute approximate surface area is 67.9 Å². The second kappa shape index (κ2) is 4.66. The molecule has 0 aromatic carbocycles. The highest BCUT2D eigenvalue weighted by molar-refractivity contribution is 5.23. The minimum Gasteiger partial charge on any atom is -0.405 e. The summed E-state index contributed by atoms with van der Waals surface area (Å²) in [6.07, 6.45) is 4.22. The molecule has 0 aromatic heterocycles. The molecule has 3 heteroatoms. The van der Waals surface area contributed by atoms with E-state index in [9.17, 15) is 0 Å². The molecule has 6 N–H and O–H groups in total. The van der Waals surface area contributed by atoms with Gasteiger partial charge in [0.15, 0.2) is 0 Å². The van der Waals surface area contributed by atoms with Crippen LogP contribution in [0.25, 0.3) is 0 Å². The highest BCUT2D eigenvalue weighted by atomic mass is 14.8. The van der Waals surface area contributed by atoms with E-state index in [1.807, 2.05) is 0 Å². The van der Waals surface area contributed by atoms with Crippen LogP contribution in [-0.2, 0) is 0 Å². The summed E-state index contributed by atoms with van der Waals surface area (Å²) in [6.45, 7) is 4.15. The van der Waals surface area contributed by atoms with Gasteiger partial charge in [0.1, 0.15) is 0 Å². The lowest BCUT2D eigenvalue weighted by Gasteiger charge is -2.10. The summed E-state index contributed by atoms with van der Waals surface area (Å²) in [6, 6.07) is 0. The standard InChI is InChI=1S/C8H17N3/c1-3-6(2)7(4-5-9)8(10)11/h4-6H,3,9-11H2,1-2H3/b5-4-. The van der Waals surface area contributed by atoms with Crippen LogP contribution in [-0.4, -0.2) is 0 Å². The Hall–Kier alpha value is -1.12. The molecule has 64 valence electrons. The minimum atomic E-state index is 0.362. The fourth-order valence-electron chi connectivity index (χ4n) is 0.869. The van der Waals surface area contributed by atoms with Crippen LogP contribution < -0.4 is 17.2 Å². The minimum absolute atomic E-state index is 0.362. The quantitative estimate of drug-likeness (QED) is 0.523. The molecule has 0 aliphatic carbocycles. The van der Waals surface area contributed by atoms with Gasteiger partial charge in [0.2, 0.25) is 0 Å². The van der Waals surface area contributed by atoms with Gasteiger partial charge in [0, 0.05) is 0 Å². The Morgan fingerprint density at radius 2 is 2.00 bits per heavy atom. The number of rotatable bonds is 3. The van der Waals surface area contributed by atoms with Crippen molar-refractivity contribution in [2.45, 2.75) is 20.3 Å². The van der Waals surface area contributed by atoms with Gasteiger partial charge in [0.25, 0.3) is 0 Å². The third-order valence-electron chi connectivity index (χ3n) is 1.75. The first-order chi connectivity index (χ1) is 5.13. The topological polar surface area (TPSA) is 78.1 Å². The first-order valence-corrected chi connectivity index (χ1v) is 3.76. The summed E-state index contributed by atoms with van der Waals surface area (Å²) in [5.74, 6) is 0.737. The maximum Gasteiger partial charge on any atom is 0.0969 e. The summed E-state index contributed by atoms with van der Waals surface area (Å²) in [4.78, 5) is 0. The van der Waals surface area contributed by atoms with Gasteiger partial charge in [-0.1, -0.05) is 13.8 Å². The second-order valence-corrected chi connectivity index (χ2v) is 2.58. The van der Waals surface area contributed by atoms with E-state index in [0.717, 1.165) is 12.0 Å². The van der Waals surface area contributed by atoms with Crippen molar-refractivity contribution in [3.8, 4) is 0 Å². The van der Waals surface area contributed by atoms with Crippen molar-refractivity contribution >= 4 is 0 Å². The highest BCUT2D eigenvalue weighted by Gasteiger charge is 2.05. The van der Waals surface area contributed by atoms with E-state index >= 15 is 0 Å². The van der Waals surface area contributed by atoms with Crippen LogP contribution in [0.1, 0.15) is 20.3 Å². The average Bonchev–Trinajstić information content (AvgIpc) is 1.98. The largest absolute Gasteiger partial charge is 0.405 e. The van der Waals surface area contributed by atoms with Crippen LogP contribution >= 0.6 is 0 Å². The fraction of sp³-hybridized carbons (Fsp3) is 0.500. The van der Waals surface area contributed by atoms with Crippen LogP contribution in [0.2, 0.25) is 0 Å². The molecule has 0 heterocycles. The molecule has 0 aliphatic heterocycles. The Bertz CT molecular complexity index is 166. The van der Waals surface area contributed by atoms with Crippen molar-refractivity contribution in [2.75, 3.05) is 0 Å². The van der Waals surface area contributed by atoms with Crippen molar-refractivity contribution in [3.05, 3.63) is 23.7 Å². The van der Waals surface area contributed by atoms with Crippen molar-refractivity contribution in [1.29, 1.82) is 0 Å². The Morgan fingerprint density at radius 3 is 2.27 bits per heavy atom. The summed E-state index contributed by atoms with van der Waals surface area (Å²) in [7, 11) is 0. The number of hydrogen-bond donors (Lipinski definition) is 3. The molecule has 3 nitrogen and oxygen atoms in total. The lowest BCUT2D eigenvalue weighted by Crippen LogP contribution is -2.15. The van der Waals surface area contributed by atoms with Crippen LogP contribution in [0.5, 0.6) is 0 Å². The molecular formula is C8H17N3. The lowest BCUT2D eigenvalue weighted by atomic mass is 9.98. The van der Waals surface area contributed by atoms with Gasteiger partial charge in [-0.3, -0.25) is 0 Å². The van der Waals surface area contributed by atoms with Crippen LogP contribution in [0, 0.1) is 5.92 Å². The van der Waals surface area contributed by atoms with Gasteiger partial charge in [-0.2, -0.15) is 0 Å². The van der Waals surface area contributed by atoms with E-state index in [1.54, 1.807) is 6.08 Å². The van der Waals surface area contributed by atoms with Gasteiger partial charge >= 0.3 is 0 Å². The van der Waals surface area contributed by atoms with E-state index in [0.29, 0.717) is 11.7 Å². The van der Waals surface area contributed by atoms with E-state index in [-0.39, 0.29) is 0 Å². The summed E-state index contributed by atoms with van der Waals surface area (Å²) in [5.41, 5.74) is 17.1. The fourth-order valence-corrected chi connectivity index (χ4v) is 0.869. The molecule has 0 saturated carbocycles. The molecule has 0 rings (SSSR count). The van der Waals surface area contributed by atoms with Crippen molar-refractivity contribution in [2.24, 2.45) is 23.1 Å². The van der Waals surface area contributed by atoms with Crippen LogP contribution in [0.15, 0.2) is 23.7 Å². The van der Waals surface area contributed by atoms with Gasteiger partial charge < -0.3 is 17.2 Å². The molecule has 0 spiro atoms. The highest BCUT2D eigenvalue weighted by Crippen LogP contribution is 2.15. The predicted octanol–water partition coefficient (Wildman–Crippen LogP) is 0.634. The SMILES string of the molecule is CCC(C)C(/C=C\N)=C(N)N. The Kier molecular flexibility index (Phi) is 4.18. The zero-order valence-electron chi connectivity index (χ0n) is 7.17. The number of hydrogen-bond acceptors (Lipinski definition) is 3. The first kappa shape index (κ1) is 9.88. The van der Waals surface area contributed by atoms with E-state index in [4.69, 9.17) is 17.2 Å². The maximum absolute atomic E-state index is 5.45. The summed E-state index contributed by atoms with van der Waals surface area (Å²) < 4.78 is 0. The molecule has 0 aliphatic rings. The second-order valence-electron chi connectivity index (χ2n) is 2.58. The Balaban J connectivity index is 4.48. The van der Waals surface area contributed by atoms with Gasteiger partial charge in [-0.05, 0) is 30.2 Å². The predicted molar refractivity (Wildman–Crippen MR) is 48.2 cm³/mol. The molecule has 1 atom stereocenters. The maximum atomic E-state index is 5.45. The molecule has 0 bridgehead atoms. The summed E-state index contributed by atoms with van der Waals surface area (Å²) in [5, 5.41) is 0. The van der Waals surface area contributed by atoms with Crippen molar-refractivity contribution in [3.63, 3.8) is 0 Å². The average molecular weight is 155 g/mol. The van der Waals surface area contributed by atoms with E-state index in [1.165, 1.54) is 6.20 Å². The lowest BCUT2D eigenvalue weighted by molar-refractivity contribution is 0.660. The zero-order chi connectivity index (χ0) is 8.85. The van der Waals surface area contributed by atoms with Gasteiger partial charge in [-0.25, -0.2) is 0 Å². The third kappa shape index (κ3) is 2.98. The van der Waals surface area contributed by atoms with Crippen LogP contribution in [0.4, 0.5) is 0 Å². The van der Waals surface area contributed by atoms with Gasteiger partial charge in [-0.15, -0.1) is 0 Å². The molecule has 1 unspecified atom stereocenters. The molecule has 0 fully saturated rings. The molecule has 0 radical (unpaired) electrons. The number of nitrogens with two attached hydrogens (primary N) is 3. The van der Waals surface area contributed by atoms with E-state index in [2.05, 4.69) is 13.8 Å². The third-order valence-corrected chi connectivity index (χ3v) is 1.75. The van der Waals surface area contributed by atoms with Crippen LogP contribution in [0.3, 0.4) is 0 Å². The first-order valence-electron chi connectivity index (χ1n) is 3.76. The normalized spacial score (nSPS) is 13.3. The van der Waals surface area contributed by atoms with Gasteiger partial charge in [0.05, 0.1) is 5.82 Å². The molecule has 11 heavy (non-hydrogen) atoms. The monoisotopic (exact) mass is 155 g/mol. The van der Waals surface area contributed by atoms with Crippen molar-refractivity contribution < 1.29 is 0 Å². The molecular weight excluding hydrogens is 138 g/mol. The molecule has 0 amide bonds.